The van der Waals surface area contributed by atoms with E-state index in [9.17, 15) is 13.2 Å². The van der Waals surface area contributed by atoms with Crippen molar-refractivity contribution in [1.29, 1.82) is 0 Å². The fourth-order valence-corrected chi connectivity index (χ4v) is 6.65. The molecule has 0 N–H and O–H groups in total. The summed E-state index contributed by atoms with van der Waals surface area (Å²) in [5.74, 6) is -0.263. The SMILES string of the molecule is Cc1ccc(S(=O)(=O)On2nc(C(=O)O[C@@H]3CN4CCC3CC4)c3cc(-c4nc(C)cs4)ccc32)cc1. The summed E-state index contributed by atoms with van der Waals surface area (Å²) in [4.78, 5) is 21.1. The lowest BCUT2D eigenvalue weighted by Gasteiger charge is -2.43. The second-order valence-electron chi connectivity index (χ2n) is 9.67. The Morgan fingerprint density at radius 3 is 2.49 bits per heavy atom. The van der Waals surface area contributed by atoms with Gasteiger partial charge < -0.3 is 4.74 Å². The van der Waals surface area contributed by atoms with Crippen LogP contribution < -0.4 is 4.28 Å². The molecule has 0 amide bonds. The standard InChI is InChI=1S/C26H26N4O5S2/c1-16-3-6-20(7-4-16)37(32,33)35-30-22-8-5-19(25-27-17(2)15-36-25)13-21(22)24(28-30)26(31)34-23-14-29-11-9-18(23)10-12-29/h3-8,13,15,18,23H,9-12,14H2,1-2H3/t23-/m1/s1. The molecule has 0 radical (unpaired) electrons. The van der Waals surface area contributed by atoms with E-state index in [2.05, 4.69) is 15.0 Å². The quantitative estimate of drug-likeness (QED) is 0.341. The van der Waals surface area contributed by atoms with E-state index in [1.165, 1.54) is 23.5 Å². The van der Waals surface area contributed by atoms with Crippen molar-refractivity contribution in [1.82, 2.24) is 19.8 Å². The van der Waals surface area contributed by atoms with Gasteiger partial charge in [-0.25, -0.2) is 9.78 Å². The molecular weight excluding hydrogens is 512 g/mol. The third-order valence-corrected chi connectivity index (χ3v) is 9.24. The van der Waals surface area contributed by atoms with Crippen LogP contribution in [0.3, 0.4) is 0 Å². The number of thiazole rings is 1. The van der Waals surface area contributed by atoms with Crippen molar-refractivity contribution in [3.63, 3.8) is 0 Å². The zero-order chi connectivity index (χ0) is 25.7. The van der Waals surface area contributed by atoms with Gasteiger partial charge in [0.2, 0.25) is 0 Å². The number of ether oxygens (including phenoxy) is 1. The van der Waals surface area contributed by atoms with E-state index < -0.39 is 16.1 Å². The first-order chi connectivity index (χ1) is 17.8. The van der Waals surface area contributed by atoms with Gasteiger partial charge in [-0.2, -0.15) is 8.42 Å². The minimum absolute atomic E-state index is 0.00645. The molecule has 3 aliphatic rings. The van der Waals surface area contributed by atoms with Crippen LogP contribution in [-0.4, -0.2) is 60.0 Å². The Morgan fingerprint density at radius 2 is 1.84 bits per heavy atom. The lowest BCUT2D eigenvalue weighted by Crippen LogP contribution is -2.51. The summed E-state index contributed by atoms with van der Waals surface area (Å²) in [5.41, 5.74) is 2.97. The summed E-state index contributed by atoms with van der Waals surface area (Å²) in [6.07, 6.45) is 1.79. The van der Waals surface area contributed by atoms with Crippen molar-refractivity contribution in [2.24, 2.45) is 5.92 Å². The summed E-state index contributed by atoms with van der Waals surface area (Å²) in [7, 11) is -4.20. The van der Waals surface area contributed by atoms with Gasteiger partial charge in [-0.15, -0.1) is 16.4 Å². The minimum atomic E-state index is -4.20. The molecule has 3 aliphatic heterocycles. The second kappa shape index (κ2) is 9.23. The van der Waals surface area contributed by atoms with E-state index >= 15 is 0 Å². The van der Waals surface area contributed by atoms with E-state index in [0.717, 1.165) is 52.6 Å². The number of hydrogen-bond acceptors (Lipinski definition) is 9. The predicted octanol–water partition coefficient (Wildman–Crippen LogP) is 3.85. The number of hydrogen-bond donors (Lipinski definition) is 0. The summed E-state index contributed by atoms with van der Waals surface area (Å²) in [6.45, 7) is 6.54. The largest absolute Gasteiger partial charge is 0.456 e. The first-order valence-electron chi connectivity index (χ1n) is 12.2. The number of aromatic nitrogens is 3. The molecule has 192 valence electrons. The monoisotopic (exact) mass is 538 g/mol. The molecule has 5 heterocycles. The molecule has 11 heteroatoms. The fraction of sp³-hybridized carbons (Fsp3) is 0.346. The van der Waals surface area contributed by atoms with Gasteiger partial charge in [0, 0.05) is 28.6 Å². The van der Waals surface area contributed by atoms with E-state index in [1.807, 2.05) is 25.3 Å². The molecule has 4 aromatic rings. The number of nitrogens with zero attached hydrogens (tertiary/aromatic N) is 4. The highest BCUT2D eigenvalue weighted by molar-refractivity contribution is 7.87. The van der Waals surface area contributed by atoms with Gasteiger partial charge in [0.1, 0.15) is 21.5 Å². The highest BCUT2D eigenvalue weighted by Gasteiger charge is 2.37. The maximum Gasteiger partial charge on any atom is 0.359 e. The number of fused-ring (bicyclic) bond motifs is 4. The maximum atomic E-state index is 13.4. The second-order valence-corrected chi connectivity index (χ2v) is 12.1. The number of piperidine rings is 3. The van der Waals surface area contributed by atoms with E-state index in [4.69, 9.17) is 9.02 Å². The van der Waals surface area contributed by atoms with Gasteiger partial charge in [-0.05, 0) is 76.0 Å². The molecule has 2 bridgehead atoms. The van der Waals surface area contributed by atoms with Crippen LogP contribution in [0.4, 0.5) is 0 Å². The first-order valence-corrected chi connectivity index (χ1v) is 14.5. The molecule has 3 saturated heterocycles. The van der Waals surface area contributed by atoms with Crippen molar-refractivity contribution in [2.75, 3.05) is 19.6 Å². The molecule has 0 unspecified atom stereocenters. The average Bonchev–Trinajstić information content (AvgIpc) is 3.48. The summed E-state index contributed by atoms with van der Waals surface area (Å²) < 4.78 is 37.4. The smallest absolute Gasteiger partial charge is 0.359 e. The van der Waals surface area contributed by atoms with E-state index in [1.54, 1.807) is 24.3 Å². The fourth-order valence-electron chi connectivity index (χ4n) is 5.00. The maximum absolute atomic E-state index is 13.4. The lowest BCUT2D eigenvalue weighted by atomic mass is 9.86. The Kier molecular flexibility index (Phi) is 6.01. The number of esters is 1. The van der Waals surface area contributed by atoms with Crippen molar-refractivity contribution >= 4 is 38.3 Å². The molecule has 1 atom stereocenters. The van der Waals surface area contributed by atoms with Crippen molar-refractivity contribution in [3.05, 3.63) is 64.8 Å². The molecule has 9 nitrogen and oxygen atoms in total. The molecule has 37 heavy (non-hydrogen) atoms. The van der Waals surface area contributed by atoms with Gasteiger partial charge in [0.25, 0.3) is 0 Å². The third-order valence-electron chi connectivity index (χ3n) is 7.04. The van der Waals surface area contributed by atoms with Crippen LogP contribution in [0.2, 0.25) is 0 Å². The number of carbonyl (C=O) groups is 1. The predicted molar refractivity (Wildman–Crippen MR) is 139 cm³/mol. The number of aryl methyl sites for hydroxylation is 2. The Labute approximate surface area is 218 Å². The van der Waals surface area contributed by atoms with Gasteiger partial charge in [0.05, 0.1) is 0 Å². The van der Waals surface area contributed by atoms with Gasteiger partial charge in [-0.3, -0.25) is 9.18 Å². The first kappa shape index (κ1) is 24.1. The molecular formula is C26H26N4O5S2. The van der Waals surface area contributed by atoms with Crippen LogP contribution in [0.5, 0.6) is 0 Å². The minimum Gasteiger partial charge on any atom is -0.456 e. The summed E-state index contributed by atoms with van der Waals surface area (Å²) in [5, 5.41) is 7.47. The third kappa shape index (κ3) is 4.62. The van der Waals surface area contributed by atoms with Crippen LogP contribution in [0.15, 0.2) is 52.7 Å². The Hall–Kier alpha value is -3.28. The zero-order valence-corrected chi connectivity index (χ0v) is 22.1. The normalized spacial score (nSPS) is 21.3. The molecule has 0 saturated carbocycles. The van der Waals surface area contributed by atoms with Gasteiger partial charge >= 0.3 is 16.1 Å². The Bertz CT molecular complexity index is 1580. The van der Waals surface area contributed by atoms with E-state index in [-0.39, 0.29) is 16.7 Å². The Morgan fingerprint density at radius 1 is 1.08 bits per heavy atom. The highest BCUT2D eigenvalue weighted by Crippen LogP contribution is 2.32. The lowest BCUT2D eigenvalue weighted by molar-refractivity contribution is -0.0459. The van der Waals surface area contributed by atoms with E-state index in [0.29, 0.717) is 23.4 Å². The topological polar surface area (TPSA) is 104 Å². The van der Waals surface area contributed by atoms with Gasteiger partial charge in [-0.1, -0.05) is 22.5 Å². The molecule has 3 fully saturated rings. The summed E-state index contributed by atoms with van der Waals surface area (Å²) in [6, 6.07) is 11.6. The van der Waals surface area contributed by atoms with Crippen LogP contribution in [0.1, 0.15) is 34.6 Å². The van der Waals surface area contributed by atoms with Crippen LogP contribution in [-0.2, 0) is 14.9 Å². The van der Waals surface area contributed by atoms with Crippen LogP contribution in [0, 0.1) is 19.8 Å². The van der Waals surface area contributed by atoms with Crippen LogP contribution >= 0.6 is 11.3 Å². The summed E-state index contributed by atoms with van der Waals surface area (Å²) >= 11 is 1.49. The van der Waals surface area contributed by atoms with Crippen molar-refractivity contribution in [3.8, 4) is 10.6 Å². The Balaban J connectivity index is 1.39. The number of rotatable bonds is 6. The van der Waals surface area contributed by atoms with Crippen molar-refractivity contribution in [2.45, 2.75) is 37.7 Å². The average molecular weight is 539 g/mol. The molecule has 7 rings (SSSR count). The molecule has 0 aliphatic carbocycles. The molecule has 2 aromatic heterocycles. The molecule has 2 aromatic carbocycles. The molecule has 0 spiro atoms. The number of carbonyl (C=O) groups excluding carboxylic acids is 1. The number of benzene rings is 2. The van der Waals surface area contributed by atoms with Crippen LogP contribution in [0.25, 0.3) is 21.5 Å². The zero-order valence-electron chi connectivity index (χ0n) is 20.5. The van der Waals surface area contributed by atoms with Crippen molar-refractivity contribution < 1.29 is 22.2 Å². The van der Waals surface area contributed by atoms with Gasteiger partial charge in [0.15, 0.2) is 5.69 Å². The highest BCUT2D eigenvalue weighted by atomic mass is 32.2.